The Hall–Kier alpha value is -1.87. The van der Waals surface area contributed by atoms with Gasteiger partial charge in [-0.15, -0.1) is 0 Å². The van der Waals surface area contributed by atoms with Crippen molar-refractivity contribution >= 4 is 0 Å². The number of ether oxygens (including phenoxy) is 1. The van der Waals surface area contributed by atoms with Crippen molar-refractivity contribution in [2.24, 2.45) is 0 Å². The van der Waals surface area contributed by atoms with Crippen LogP contribution in [0.4, 0.5) is 4.39 Å². The van der Waals surface area contributed by atoms with Crippen LogP contribution >= 0.6 is 0 Å². The molecule has 2 aromatic rings. The fraction of sp³-hybridized carbons (Fsp3) is 0.200. The van der Waals surface area contributed by atoms with Crippen LogP contribution in [0.3, 0.4) is 0 Å². The van der Waals surface area contributed by atoms with E-state index in [2.05, 4.69) is 17.4 Å². The van der Waals surface area contributed by atoms with Crippen LogP contribution in [0.5, 0.6) is 5.75 Å². The van der Waals surface area contributed by atoms with E-state index in [0.29, 0.717) is 5.75 Å². The molecule has 3 heteroatoms. The summed E-state index contributed by atoms with van der Waals surface area (Å²) in [5.74, 6) is 0.449. The van der Waals surface area contributed by atoms with E-state index in [9.17, 15) is 4.39 Å². The van der Waals surface area contributed by atoms with Crippen molar-refractivity contribution < 1.29 is 9.13 Å². The fourth-order valence-electron chi connectivity index (χ4n) is 2.16. The number of benzene rings is 2. The summed E-state index contributed by atoms with van der Waals surface area (Å²) in [4.78, 5) is 0. The molecule has 0 unspecified atom stereocenters. The predicted molar refractivity (Wildman–Crippen MR) is 68.0 cm³/mol. The van der Waals surface area contributed by atoms with Crippen molar-refractivity contribution in [2.75, 3.05) is 13.1 Å². The Morgan fingerprint density at radius 2 is 1.61 bits per heavy atom. The molecule has 1 saturated heterocycles. The largest absolute Gasteiger partial charge is 0.480 e. The van der Waals surface area contributed by atoms with Crippen LogP contribution in [0.15, 0.2) is 54.6 Å². The lowest BCUT2D eigenvalue weighted by atomic mass is 9.88. The Bertz CT molecular complexity index is 520. The van der Waals surface area contributed by atoms with E-state index < -0.39 is 0 Å². The molecule has 0 saturated carbocycles. The van der Waals surface area contributed by atoms with Gasteiger partial charge >= 0.3 is 0 Å². The Balaban J connectivity index is 1.87. The minimum Gasteiger partial charge on any atom is -0.480 e. The van der Waals surface area contributed by atoms with Crippen LogP contribution < -0.4 is 10.1 Å². The van der Waals surface area contributed by atoms with E-state index in [1.165, 1.54) is 12.1 Å². The predicted octanol–water partition coefficient (Wildman–Crippen LogP) is 2.70. The van der Waals surface area contributed by atoms with Crippen LogP contribution in [0.25, 0.3) is 0 Å². The van der Waals surface area contributed by atoms with Gasteiger partial charge in [0.15, 0.2) is 5.60 Å². The van der Waals surface area contributed by atoms with E-state index in [4.69, 9.17) is 4.74 Å². The molecule has 0 amide bonds. The number of rotatable bonds is 3. The second kappa shape index (κ2) is 4.42. The number of hydrogen-bond acceptors (Lipinski definition) is 2. The molecule has 0 radical (unpaired) electrons. The monoisotopic (exact) mass is 243 g/mol. The van der Waals surface area contributed by atoms with Gasteiger partial charge in [-0.3, -0.25) is 0 Å². The SMILES string of the molecule is Fc1ccc(OC2(c3ccccc3)CNC2)cc1. The highest BCUT2D eigenvalue weighted by molar-refractivity contribution is 5.31. The van der Waals surface area contributed by atoms with E-state index >= 15 is 0 Å². The molecule has 1 N–H and O–H groups in total. The van der Waals surface area contributed by atoms with Crippen molar-refractivity contribution in [3.63, 3.8) is 0 Å². The van der Waals surface area contributed by atoms with Gasteiger partial charge in [0.2, 0.25) is 0 Å². The molecule has 2 aromatic carbocycles. The highest BCUT2D eigenvalue weighted by Gasteiger charge is 2.41. The van der Waals surface area contributed by atoms with Gasteiger partial charge in [0, 0.05) is 13.1 Å². The van der Waals surface area contributed by atoms with E-state index in [1.807, 2.05) is 18.2 Å². The Morgan fingerprint density at radius 1 is 0.944 bits per heavy atom. The second-order valence-electron chi connectivity index (χ2n) is 4.52. The second-order valence-corrected chi connectivity index (χ2v) is 4.52. The first kappa shape index (κ1) is 11.2. The maximum absolute atomic E-state index is 12.9. The van der Waals surface area contributed by atoms with Crippen molar-refractivity contribution in [3.8, 4) is 5.75 Å². The first-order valence-electron chi connectivity index (χ1n) is 5.99. The van der Waals surface area contributed by atoms with Crippen molar-refractivity contribution in [3.05, 3.63) is 66.0 Å². The van der Waals surface area contributed by atoms with E-state index in [-0.39, 0.29) is 11.4 Å². The molecule has 0 spiro atoms. The Labute approximate surface area is 105 Å². The smallest absolute Gasteiger partial charge is 0.159 e. The third-order valence-electron chi connectivity index (χ3n) is 3.25. The first-order chi connectivity index (χ1) is 8.78. The van der Waals surface area contributed by atoms with Gasteiger partial charge < -0.3 is 10.1 Å². The van der Waals surface area contributed by atoms with Gasteiger partial charge in [-0.25, -0.2) is 4.39 Å². The van der Waals surface area contributed by atoms with Gasteiger partial charge in [0.05, 0.1) is 0 Å². The summed E-state index contributed by atoms with van der Waals surface area (Å²) in [5.41, 5.74) is 0.826. The van der Waals surface area contributed by atoms with Crippen LogP contribution in [0.2, 0.25) is 0 Å². The summed E-state index contributed by atoms with van der Waals surface area (Å²) in [5, 5.41) is 3.23. The molecule has 0 atom stereocenters. The quantitative estimate of drug-likeness (QED) is 0.895. The molecule has 1 aliphatic rings. The highest BCUT2D eigenvalue weighted by Crippen LogP contribution is 2.31. The van der Waals surface area contributed by atoms with E-state index in [1.54, 1.807) is 12.1 Å². The molecule has 0 aliphatic carbocycles. The minimum absolute atomic E-state index is 0.247. The molecular weight excluding hydrogens is 229 g/mol. The van der Waals surface area contributed by atoms with Gasteiger partial charge in [-0.05, 0) is 29.8 Å². The molecule has 1 heterocycles. The van der Waals surface area contributed by atoms with Gasteiger partial charge in [-0.2, -0.15) is 0 Å². The van der Waals surface area contributed by atoms with Crippen LogP contribution in [0, 0.1) is 5.82 Å². The van der Waals surface area contributed by atoms with Crippen molar-refractivity contribution in [2.45, 2.75) is 5.60 Å². The van der Waals surface area contributed by atoms with Crippen LogP contribution in [-0.2, 0) is 5.60 Å². The third kappa shape index (κ3) is 1.97. The van der Waals surface area contributed by atoms with Gasteiger partial charge in [-0.1, -0.05) is 30.3 Å². The lowest BCUT2D eigenvalue weighted by molar-refractivity contribution is 0.0121. The number of halogens is 1. The normalized spacial score (nSPS) is 16.9. The topological polar surface area (TPSA) is 21.3 Å². The maximum Gasteiger partial charge on any atom is 0.159 e. The molecule has 1 fully saturated rings. The van der Waals surface area contributed by atoms with Crippen LogP contribution in [0.1, 0.15) is 5.56 Å². The van der Waals surface area contributed by atoms with Crippen LogP contribution in [-0.4, -0.2) is 13.1 Å². The summed E-state index contributed by atoms with van der Waals surface area (Å²) in [7, 11) is 0. The van der Waals surface area contributed by atoms with Gasteiger partial charge in [0.25, 0.3) is 0 Å². The van der Waals surface area contributed by atoms with Gasteiger partial charge in [0.1, 0.15) is 11.6 Å². The summed E-state index contributed by atoms with van der Waals surface area (Å²) in [6.07, 6.45) is 0. The van der Waals surface area contributed by atoms with Crippen molar-refractivity contribution in [1.82, 2.24) is 5.32 Å². The molecule has 0 aromatic heterocycles. The molecule has 18 heavy (non-hydrogen) atoms. The lowest BCUT2D eigenvalue weighted by Crippen LogP contribution is -2.60. The van der Waals surface area contributed by atoms with Crippen molar-refractivity contribution in [1.29, 1.82) is 0 Å². The zero-order valence-corrected chi connectivity index (χ0v) is 9.90. The first-order valence-corrected chi connectivity index (χ1v) is 5.99. The third-order valence-corrected chi connectivity index (χ3v) is 3.25. The highest BCUT2D eigenvalue weighted by atomic mass is 19.1. The zero-order chi connectivity index (χ0) is 12.4. The molecule has 3 rings (SSSR count). The maximum atomic E-state index is 12.9. The zero-order valence-electron chi connectivity index (χ0n) is 9.90. The summed E-state index contributed by atoms with van der Waals surface area (Å²) >= 11 is 0. The summed E-state index contributed by atoms with van der Waals surface area (Å²) in [6, 6.07) is 16.3. The molecule has 1 aliphatic heterocycles. The summed E-state index contributed by atoms with van der Waals surface area (Å²) in [6.45, 7) is 1.54. The average Bonchev–Trinajstić information content (AvgIpc) is 2.37. The molecule has 92 valence electrons. The number of hydrogen-bond donors (Lipinski definition) is 1. The number of nitrogens with one attached hydrogen (secondary N) is 1. The molecule has 0 bridgehead atoms. The minimum atomic E-state index is -0.320. The Kier molecular flexibility index (Phi) is 2.76. The fourth-order valence-corrected chi connectivity index (χ4v) is 2.16. The molecular formula is C15H14FNO. The summed E-state index contributed by atoms with van der Waals surface area (Å²) < 4.78 is 18.9. The Morgan fingerprint density at radius 3 is 2.17 bits per heavy atom. The average molecular weight is 243 g/mol. The van der Waals surface area contributed by atoms with E-state index in [0.717, 1.165) is 18.7 Å². The standard InChI is InChI=1S/C15H14FNO/c16-13-6-8-14(9-7-13)18-15(10-17-11-15)12-4-2-1-3-5-12/h1-9,17H,10-11H2. The lowest BCUT2D eigenvalue weighted by Gasteiger charge is -2.43. The molecule has 2 nitrogen and oxygen atoms in total.